The van der Waals surface area contributed by atoms with Crippen molar-refractivity contribution in [3.8, 4) is 0 Å². The van der Waals surface area contributed by atoms with Crippen molar-refractivity contribution in [1.82, 2.24) is 30.3 Å². The van der Waals surface area contributed by atoms with E-state index >= 15 is 0 Å². The van der Waals surface area contributed by atoms with E-state index in [4.69, 9.17) is 4.99 Å². The summed E-state index contributed by atoms with van der Waals surface area (Å²) in [5, 5.41) is 15.7. The van der Waals surface area contributed by atoms with E-state index in [1.807, 2.05) is 24.6 Å². The van der Waals surface area contributed by atoms with Crippen LogP contribution < -0.4 is 10.6 Å². The number of aryl methyl sites for hydroxylation is 1. The first kappa shape index (κ1) is 21.3. The predicted molar refractivity (Wildman–Crippen MR) is 118 cm³/mol. The van der Waals surface area contributed by atoms with Crippen LogP contribution in [0.2, 0.25) is 0 Å². The third kappa shape index (κ3) is 5.35. The van der Waals surface area contributed by atoms with Crippen LogP contribution in [0.3, 0.4) is 0 Å². The molecular formula is C22H35N7. The van der Waals surface area contributed by atoms with Crippen LogP contribution in [0.5, 0.6) is 0 Å². The number of aliphatic imine (C=N–C) groups is 1. The summed E-state index contributed by atoms with van der Waals surface area (Å²) < 4.78 is 1.99. The summed E-state index contributed by atoms with van der Waals surface area (Å²) in [5.41, 5.74) is 1.24. The minimum atomic E-state index is 0.154. The van der Waals surface area contributed by atoms with Gasteiger partial charge < -0.3 is 15.2 Å². The molecule has 3 atom stereocenters. The summed E-state index contributed by atoms with van der Waals surface area (Å²) in [6.45, 7) is 13.6. The molecule has 2 heterocycles. The van der Waals surface area contributed by atoms with Gasteiger partial charge in [0.2, 0.25) is 0 Å². The summed E-state index contributed by atoms with van der Waals surface area (Å²) >= 11 is 0. The average Bonchev–Trinajstić information content (AvgIpc) is 3.23. The van der Waals surface area contributed by atoms with E-state index < -0.39 is 0 Å². The van der Waals surface area contributed by atoms with Crippen LogP contribution in [0.15, 0.2) is 35.3 Å². The van der Waals surface area contributed by atoms with Gasteiger partial charge in [-0.3, -0.25) is 4.90 Å². The lowest BCUT2D eigenvalue weighted by Crippen LogP contribution is -2.47. The Kier molecular flexibility index (Phi) is 6.90. The third-order valence-electron chi connectivity index (χ3n) is 5.91. The topological polar surface area (TPSA) is 70.4 Å². The zero-order valence-corrected chi connectivity index (χ0v) is 18.6. The molecule has 0 amide bonds. The summed E-state index contributed by atoms with van der Waals surface area (Å²) in [7, 11) is 1.98. The molecule has 1 fully saturated rings. The highest BCUT2D eigenvalue weighted by Crippen LogP contribution is 2.19. The Balaban J connectivity index is 1.75. The van der Waals surface area contributed by atoms with Gasteiger partial charge in [-0.2, -0.15) is 0 Å². The highest BCUT2D eigenvalue weighted by atomic mass is 15.3. The fraction of sp³-hybridized carbons (Fsp3) is 0.591. The van der Waals surface area contributed by atoms with E-state index in [9.17, 15) is 0 Å². The predicted octanol–water partition coefficient (Wildman–Crippen LogP) is 2.65. The van der Waals surface area contributed by atoms with Gasteiger partial charge in [0, 0.05) is 32.2 Å². The molecule has 0 bridgehead atoms. The second-order valence-electron chi connectivity index (χ2n) is 8.44. The van der Waals surface area contributed by atoms with Crippen molar-refractivity contribution in [2.75, 3.05) is 13.1 Å². The van der Waals surface area contributed by atoms with Crippen LogP contribution in [-0.4, -0.2) is 50.8 Å². The van der Waals surface area contributed by atoms with Crippen molar-refractivity contribution in [2.24, 2.45) is 18.0 Å². The molecule has 158 valence electrons. The quantitative estimate of drug-likeness (QED) is 0.579. The fourth-order valence-corrected chi connectivity index (χ4v) is 3.69. The van der Waals surface area contributed by atoms with E-state index in [0.29, 0.717) is 24.5 Å². The molecule has 1 aromatic carbocycles. The lowest BCUT2D eigenvalue weighted by atomic mass is 10.1. The maximum Gasteiger partial charge on any atom is 0.192 e. The Labute approximate surface area is 174 Å². The number of likely N-dealkylation sites (tertiary alicyclic amines) is 1. The molecule has 7 nitrogen and oxygen atoms in total. The normalized spacial score (nSPS) is 21.6. The molecule has 3 rings (SSSR count). The molecule has 3 unspecified atom stereocenters. The molecule has 0 saturated carbocycles. The summed E-state index contributed by atoms with van der Waals surface area (Å²) in [6, 6.07) is 11.5. The summed E-state index contributed by atoms with van der Waals surface area (Å²) in [6.07, 6.45) is 0. The van der Waals surface area contributed by atoms with Crippen LogP contribution in [0.1, 0.15) is 50.9 Å². The monoisotopic (exact) mass is 397 g/mol. The third-order valence-corrected chi connectivity index (χ3v) is 5.91. The Morgan fingerprint density at radius 1 is 1.17 bits per heavy atom. The number of hydrogen-bond acceptors (Lipinski definition) is 4. The van der Waals surface area contributed by atoms with Crippen LogP contribution in [0.4, 0.5) is 0 Å². The number of rotatable bonds is 6. The number of hydrogen-bond donors (Lipinski definition) is 2. The molecule has 29 heavy (non-hydrogen) atoms. The standard InChI is InChI=1S/C22H35N7/c1-15(2)29-13-16(3)20(14-29)25-22(23-12-21-27-26-18(5)28(21)6)24-17(4)19-10-8-7-9-11-19/h7-11,15-17,20H,12-14H2,1-6H3,(H2,23,24,25). The smallest absolute Gasteiger partial charge is 0.192 e. The second-order valence-corrected chi connectivity index (χ2v) is 8.44. The summed E-state index contributed by atoms with van der Waals surface area (Å²) in [4.78, 5) is 7.37. The summed E-state index contributed by atoms with van der Waals surface area (Å²) in [5.74, 6) is 3.14. The zero-order chi connectivity index (χ0) is 21.0. The molecule has 1 saturated heterocycles. The Morgan fingerprint density at radius 3 is 2.48 bits per heavy atom. The number of aromatic nitrogens is 3. The van der Waals surface area contributed by atoms with Gasteiger partial charge >= 0.3 is 0 Å². The van der Waals surface area contributed by atoms with E-state index in [0.717, 1.165) is 30.7 Å². The van der Waals surface area contributed by atoms with Crippen molar-refractivity contribution in [1.29, 1.82) is 0 Å². The van der Waals surface area contributed by atoms with Crippen molar-refractivity contribution in [2.45, 2.75) is 59.3 Å². The van der Waals surface area contributed by atoms with Crippen LogP contribution >= 0.6 is 0 Å². The molecule has 1 aliphatic rings. The maximum absolute atomic E-state index is 4.85. The molecule has 0 aliphatic carbocycles. The van der Waals surface area contributed by atoms with Crippen LogP contribution in [-0.2, 0) is 13.6 Å². The minimum absolute atomic E-state index is 0.154. The van der Waals surface area contributed by atoms with Gasteiger partial charge in [0.15, 0.2) is 11.8 Å². The van der Waals surface area contributed by atoms with Crippen molar-refractivity contribution < 1.29 is 0 Å². The molecule has 1 aliphatic heterocycles. The molecular weight excluding hydrogens is 362 g/mol. The lowest BCUT2D eigenvalue weighted by Gasteiger charge is -2.24. The van der Waals surface area contributed by atoms with E-state index in [1.54, 1.807) is 0 Å². The Hall–Kier alpha value is -2.41. The number of nitrogens with one attached hydrogen (secondary N) is 2. The van der Waals surface area contributed by atoms with Gasteiger partial charge in [-0.1, -0.05) is 37.3 Å². The Morgan fingerprint density at radius 2 is 1.90 bits per heavy atom. The first-order chi connectivity index (χ1) is 13.8. The maximum atomic E-state index is 4.85. The molecule has 2 N–H and O–H groups in total. The van der Waals surface area contributed by atoms with Gasteiger partial charge in [0.1, 0.15) is 12.4 Å². The molecule has 0 radical (unpaired) electrons. The van der Waals surface area contributed by atoms with Gasteiger partial charge in [-0.05, 0) is 39.2 Å². The fourth-order valence-electron chi connectivity index (χ4n) is 3.69. The van der Waals surface area contributed by atoms with Gasteiger partial charge in [0.05, 0.1) is 6.04 Å². The number of nitrogens with zero attached hydrogens (tertiary/aromatic N) is 5. The minimum Gasteiger partial charge on any atom is -0.352 e. The average molecular weight is 398 g/mol. The SMILES string of the molecule is Cc1nnc(CN=C(NC(C)c2ccccc2)NC2CN(C(C)C)CC2C)n1C. The van der Waals surface area contributed by atoms with Gasteiger partial charge in [-0.15, -0.1) is 10.2 Å². The van der Waals surface area contributed by atoms with E-state index in [1.165, 1.54) is 5.56 Å². The molecule has 7 heteroatoms. The molecule has 1 aromatic heterocycles. The first-order valence-electron chi connectivity index (χ1n) is 10.6. The Bertz CT molecular complexity index is 812. The van der Waals surface area contributed by atoms with Crippen molar-refractivity contribution in [3.63, 3.8) is 0 Å². The van der Waals surface area contributed by atoms with Crippen molar-refractivity contribution in [3.05, 3.63) is 47.5 Å². The highest BCUT2D eigenvalue weighted by molar-refractivity contribution is 5.80. The molecule has 2 aromatic rings. The largest absolute Gasteiger partial charge is 0.352 e. The van der Waals surface area contributed by atoms with E-state index in [-0.39, 0.29) is 6.04 Å². The second kappa shape index (κ2) is 9.39. The van der Waals surface area contributed by atoms with Crippen molar-refractivity contribution >= 4 is 5.96 Å². The van der Waals surface area contributed by atoms with Gasteiger partial charge in [0.25, 0.3) is 0 Å². The number of benzene rings is 1. The van der Waals surface area contributed by atoms with E-state index in [2.05, 4.69) is 77.7 Å². The van der Waals surface area contributed by atoms with Crippen LogP contribution in [0, 0.1) is 12.8 Å². The van der Waals surface area contributed by atoms with Crippen LogP contribution in [0.25, 0.3) is 0 Å². The molecule has 0 spiro atoms. The highest BCUT2D eigenvalue weighted by Gasteiger charge is 2.31. The number of guanidine groups is 1. The first-order valence-corrected chi connectivity index (χ1v) is 10.6. The lowest BCUT2D eigenvalue weighted by molar-refractivity contribution is 0.265. The van der Waals surface area contributed by atoms with Gasteiger partial charge in [-0.25, -0.2) is 4.99 Å². The zero-order valence-electron chi connectivity index (χ0n) is 18.6.